The number of carbonyl (C=O) groups excluding carboxylic acids is 1. The molecule has 2 atom stereocenters. The van der Waals surface area contributed by atoms with E-state index in [0.29, 0.717) is 25.0 Å². The molecule has 0 amide bonds. The Labute approximate surface area is 100 Å². The fraction of sp³-hybridized carbons (Fsp3) is 0.462. The van der Waals surface area contributed by atoms with Gasteiger partial charge < -0.3 is 14.6 Å². The van der Waals surface area contributed by atoms with Gasteiger partial charge in [0.25, 0.3) is 0 Å². The van der Waals surface area contributed by atoms with Crippen molar-refractivity contribution in [3.63, 3.8) is 0 Å². The van der Waals surface area contributed by atoms with Gasteiger partial charge in [0.2, 0.25) is 0 Å². The number of hydrogen-bond donors (Lipinski definition) is 1. The Morgan fingerprint density at radius 2 is 2.24 bits per heavy atom. The summed E-state index contributed by atoms with van der Waals surface area (Å²) in [6.07, 6.45) is 0.582. The molecule has 2 rings (SSSR count). The molecule has 4 nitrogen and oxygen atoms in total. The lowest BCUT2D eigenvalue weighted by Crippen LogP contribution is -2.24. The first-order valence-electron chi connectivity index (χ1n) is 5.69. The summed E-state index contributed by atoms with van der Waals surface area (Å²) in [4.78, 5) is 11.6. The normalized spacial score (nSPS) is 24.4. The van der Waals surface area contributed by atoms with E-state index in [4.69, 9.17) is 9.47 Å². The predicted octanol–water partition coefficient (Wildman–Crippen LogP) is 1.69. The van der Waals surface area contributed by atoms with Gasteiger partial charge in [0.15, 0.2) is 0 Å². The summed E-state index contributed by atoms with van der Waals surface area (Å²) >= 11 is 0. The van der Waals surface area contributed by atoms with Gasteiger partial charge in [0, 0.05) is 13.0 Å². The maximum Gasteiger partial charge on any atom is 0.338 e. The van der Waals surface area contributed by atoms with Crippen molar-refractivity contribution in [2.75, 3.05) is 13.7 Å². The molecule has 0 bridgehead atoms. The molecule has 1 aliphatic rings. The van der Waals surface area contributed by atoms with E-state index in [1.807, 2.05) is 12.1 Å². The Balaban J connectivity index is 2.27. The van der Waals surface area contributed by atoms with Gasteiger partial charge in [-0.05, 0) is 18.1 Å². The number of methoxy groups -OCH3 is 1. The highest BCUT2D eigenvalue weighted by Crippen LogP contribution is 2.30. The summed E-state index contributed by atoms with van der Waals surface area (Å²) in [6.45, 7) is 0.515. The van der Waals surface area contributed by atoms with Crippen LogP contribution in [0.2, 0.25) is 0 Å². The highest BCUT2D eigenvalue weighted by molar-refractivity contribution is 5.91. The zero-order valence-corrected chi connectivity index (χ0v) is 9.76. The van der Waals surface area contributed by atoms with Crippen LogP contribution in [0, 0.1) is 0 Å². The lowest BCUT2D eigenvalue weighted by molar-refractivity contribution is -0.0452. The Bertz CT molecular complexity index is 402. The maximum absolute atomic E-state index is 11.6. The molecule has 0 saturated carbocycles. The second-order valence-electron chi connectivity index (χ2n) is 4.12. The third kappa shape index (κ3) is 2.65. The van der Waals surface area contributed by atoms with Crippen molar-refractivity contribution < 1.29 is 19.4 Å². The van der Waals surface area contributed by atoms with E-state index in [1.54, 1.807) is 12.1 Å². The third-order valence-electron chi connectivity index (χ3n) is 2.97. The van der Waals surface area contributed by atoms with Gasteiger partial charge in [-0.3, -0.25) is 0 Å². The number of benzene rings is 1. The van der Waals surface area contributed by atoms with Crippen LogP contribution in [0.25, 0.3) is 0 Å². The average Bonchev–Trinajstić information content (AvgIpc) is 2.38. The van der Waals surface area contributed by atoms with Crippen LogP contribution in [-0.4, -0.2) is 30.9 Å². The largest absolute Gasteiger partial charge is 0.465 e. The van der Waals surface area contributed by atoms with Crippen molar-refractivity contribution in [3.05, 3.63) is 35.4 Å². The summed E-state index contributed by atoms with van der Waals surface area (Å²) in [5.74, 6) is -0.371. The smallest absolute Gasteiger partial charge is 0.338 e. The van der Waals surface area contributed by atoms with Gasteiger partial charge in [-0.15, -0.1) is 0 Å². The molecule has 1 heterocycles. The minimum absolute atomic E-state index is 0.228. The van der Waals surface area contributed by atoms with Crippen LogP contribution in [0.15, 0.2) is 24.3 Å². The zero-order chi connectivity index (χ0) is 12.3. The van der Waals surface area contributed by atoms with Crippen molar-refractivity contribution in [1.29, 1.82) is 0 Å². The Morgan fingerprint density at radius 3 is 2.94 bits per heavy atom. The number of aliphatic hydroxyl groups is 1. The van der Waals surface area contributed by atoms with Gasteiger partial charge in [-0.25, -0.2) is 4.79 Å². The lowest BCUT2D eigenvalue weighted by Gasteiger charge is -2.27. The molecule has 92 valence electrons. The van der Waals surface area contributed by atoms with Crippen molar-refractivity contribution in [2.45, 2.75) is 25.0 Å². The van der Waals surface area contributed by atoms with Crippen molar-refractivity contribution in [3.8, 4) is 0 Å². The molecule has 0 aromatic heterocycles. The highest BCUT2D eigenvalue weighted by atomic mass is 16.5. The van der Waals surface area contributed by atoms with Crippen LogP contribution >= 0.6 is 0 Å². The summed E-state index contributed by atoms with van der Waals surface area (Å²) in [6, 6.07) is 7.20. The van der Waals surface area contributed by atoms with E-state index in [0.717, 1.165) is 5.56 Å². The van der Waals surface area contributed by atoms with Crippen LogP contribution in [0.3, 0.4) is 0 Å². The number of hydrogen-bond acceptors (Lipinski definition) is 4. The van der Waals surface area contributed by atoms with Gasteiger partial charge >= 0.3 is 5.97 Å². The monoisotopic (exact) mass is 236 g/mol. The number of rotatable bonds is 2. The predicted molar refractivity (Wildman–Crippen MR) is 61.7 cm³/mol. The molecule has 1 N–H and O–H groups in total. The van der Waals surface area contributed by atoms with Crippen LogP contribution in [0.1, 0.15) is 34.9 Å². The molecule has 0 radical (unpaired) electrons. The summed E-state index contributed by atoms with van der Waals surface area (Å²) in [7, 11) is 1.36. The van der Waals surface area contributed by atoms with E-state index >= 15 is 0 Å². The fourth-order valence-corrected chi connectivity index (χ4v) is 2.07. The first kappa shape index (κ1) is 12.1. The zero-order valence-electron chi connectivity index (χ0n) is 9.76. The second kappa shape index (κ2) is 5.29. The number of esters is 1. The van der Waals surface area contributed by atoms with Crippen LogP contribution < -0.4 is 0 Å². The van der Waals surface area contributed by atoms with Gasteiger partial charge in [0.1, 0.15) is 0 Å². The molecule has 0 spiro atoms. The van der Waals surface area contributed by atoms with Crippen molar-refractivity contribution in [2.24, 2.45) is 0 Å². The van der Waals surface area contributed by atoms with Crippen molar-refractivity contribution >= 4 is 5.97 Å². The Hall–Kier alpha value is -1.39. The molecular formula is C13H16O4. The molecule has 2 unspecified atom stereocenters. The van der Waals surface area contributed by atoms with Gasteiger partial charge in [-0.2, -0.15) is 0 Å². The quantitative estimate of drug-likeness (QED) is 0.794. The standard InChI is InChI=1S/C13H16O4/c1-16-13(15)11-5-3-2-4-10(11)12-8-9(14)6-7-17-12/h2-5,9,12,14H,6-8H2,1H3. The van der Waals surface area contributed by atoms with Crippen LogP contribution in [0.4, 0.5) is 0 Å². The molecule has 1 fully saturated rings. The molecule has 1 aromatic carbocycles. The minimum atomic E-state index is -0.371. The summed E-state index contributed by atoms with van der Waals surface area (Å²) in [5, 5.41) is 9.63. The Morgan fingerprint density at radius 1 is 1.47 bits per heavy atom. The molecule has 1 saturated heterocycles. The minimum Gasteiger partial charge on any atom is -0.465 e. The summed E-state index contributed by atoms with van der Waals surface area (Å²) in [5.41, 5.74) is 1.30. The molecule has 0 aliphatic carbocycles. The summed E-state index contributed by atoms with van der Waals surface area (Å²) < 4.78 is 10.3. The Kier molecular flexibility index (Phi) is 3.76. The van der Waals surface area contributed by atoms with Gasteiger partial charge in [-0.1, -0.05) is 18.2 Å². The van der Waals surface area contributed by atoms with E-state index in [9.17, 15) is 9.90 Å². The fourth-order valence-electron chi connectivity index (χ4n) is 2.07. The van der Waals surface area contributed by atoms with Gasteiger partial charge in [0.05, 0.1) is 24.9 Å². The van der Waals surface area contributed by atoms with E-state index in [1.165, 1.54) is 7.11 Å². The van der Waals surface area contributed by atoms with Crippen LogP contribution in [-0.2, 0) is 9.47 Å². The number of ether oxygens (including phenoxy) is 2. The maximum atomic E-state index is 11.6. The lowest BCUT2D eigenvalue weighted by atomic mass is 9.95. The average molecular weight is 236 g/mol. The third-order valence-corrected chi connectivity index (χ3v) is 2.97. The van der Waals surface area contributed by atoms with E-state index in [-0.39, 0.29) is 18.2 Å². The topological polar surface area (TPSA) is 55.8 Å². The number of carbonyl (C=O) groups is 1. The molecule has 1 aliphatic heterocycles. The molecule has 1 aromatic rings. The first-order chi connectivity index (χ1) is 8.22. The van der Waals surface area contributed by atoms with E-state index in [2.05, 4.69) is 0 Å². The molecule has 17 heavy (non-hydrogen) atoms. The second-order valence-corrected chi connectivity index (χ2v) is 4.12. The first-order valence-corrected chi connectivity index (χ1v) is 5.69. The highest BCUT2D eigenvalue weighted by Gasteiger charge is 2.26. The molecule has 4 heteroatoms. The van der Waals surface area contributed by atoms with Crippen LogP contribution in [0.5, 0.6) is 0 Å². The number of aliphatic hydroxyl groups excluding tert-OH is 1. The SMILES string of the molecule is COC(=O)c1ccccc1C1CC(O)CCO1. The van der Waals surface area contributed by atoms with E-state index < -0.39 is 0 Å². The van der Waals surface area contributed by atoms with Crippen molar-refractivity contribution in [1.82, 2.24) is 0 Å². The molecular weight excluding hydrogens is 220 g/mol.